The van der Waals surface area contributed by atoms with Gasteiger partial charge < -0.3 is 15.0 Å². The summed E-state index contributed by atoms with van der Waals surface area (Å²) in [5, 5.41) is 3.93. The van der Waals surface area contributed by atoms with Crippen molar-refractivity contribution in [2.75, 3.05) is 6.61 Å². The molecule has 0 aliphatic heterocycles. The normalized spacial score (nSPS) is 12.4. The monoisotopic (exact) mass is 554 g/mol. The Hall–Kier alpha value is -3.02. The number of benzene rings is 3. The molecule has 0 aromatic heterocycles. The molecule has 0 fully saturated rings. The number of hydrogen-bond donors (Lipinski definition) is 1. The highest BCUT2D eigenvalue weighted by Gasteiger charge is 2.30. The fraction of sp³-hybridized carbons (Fsp3) is 0.355. The molecule has 3 aromatic carbocycles. The summed E-state index contributed by atoms with van der Waals surface area (Å²) in [7, 11) is 0. The van der Waals surface area contributed by atoms with Crippen molar-refractivity contribution in [2.24, 2.45) is 0 Å². The van der Waals surface area contributed by atoms with E-state index in [0.29, 0.717) is 29.5 Å². The first-order valence-electron chi connectivity index (χ1n) is 13.0. The molecule has 2 amide bonds. The van der Waals surface area contributed by atoms with Gasteiger partial charge in [-0.05, 0) is 62.1 Å². The van der Waals surface area contributed by atoms with Gasteiger partial charge in [0.05, 0.1) is 16.7 Å². The summed E-state index contributed by atoms with van der Waals surface area (Å²) in [4.78, 5) is 28.9. The van der Waals surface area contributed by atoms with Gasteiger partial charge in [0.15, 0.2) is 0 Å². The number of rotatable bonds is 13. The van der Waals surface area contributed by atoms with Crippen molar-refractivity contribution in [3.05, 3.63) is 99.5 Å². The van der Waals surface area contributed by atoms with Crippen LogP contribution in [0.3, 0.4) is 0 Å². The predicted molar refractivity (Wildman–Crippen MR) is 155 cm³/mol. The number of nitrogens with one attached hydrogen (secondary N) is 1. The minimum Gasteiger partial charge on any atom is -0.494 e. The van der Waals surface area contributed by atoms with Crippen molar-refractivity contribution in [1.82, 2.24) is 10.2 Å². The molecule has 0 saturated carbocycles. The molecule has 0 heterocycles. The molecule has 38 heavy (non-hydrogen) atoms. The van der Waals surface area contributed by atoms with Gasteiger partial charge in [0.1, 0.15) is 11.8 Å². The van der Waals surface area contributed by atoms with Gasteiger partial charge in [-0.15, -0.1) is 0 Å². The van der Waals surface area contributed by atoms with Crippen LogP contribution in [-0.4, -0.2) is 35.4 Å². The van der Waals surface area contributed by atoms with Gasteiger partial charge in [-0.3, -0.25) is 9.59 Å². The molecule has 0 aliphatic carbocycles. The molecular formula is C31H36Cl2N2O3. The highest BCUT2D eigenvalue weighted by molar-refractivity contribution is 6.42. The number of nitrogens with zero attached hydrogens (tertiary/aromatic N) is 1. The Morgan fingerprint density at radius 1 is 0.947 bits per heavy atom. The smallest absolute Gasteiger partial charge is 0.243 e. The Labute approximate surface area is 236 Å². The van der Waals surface area contributed by atoms with Crippen LogP contribution in [0.2, 0.25) is 10.0 Å². The van der Waals surface area contributed by atoms with Gasteiger partial charge in [-0.25, -0.2) is 0 Å². The molecule has 3 aromatic rings. The highest BCUT2D eigenvalue weighted by atomic mass is 35.5. The summed E-state index contributed by atoms with van der Waals surface area (Å²) < 4.78 is 5.83. The largest absolute Gasteiger partial charge is 0.494 e. The van der Waals surface area contributed by atoms with Gasteiger partial charge in [0, 0.05) is 25.4 Å². The molecule has 0 unspecified atom stereocenters. The van der Waals surface area contributed by atoms with E-state index in [1.165, 1.54) is 0 Å². The van der Waals surface area contributed by atoms with Gasteiger partial charge >= 0.3 is 0 Å². The van der Waals surface area contributed by atoms with Crippen molar-refractivity contribution in [2.45, 2.75) is 65.1 Å². The lowest BCUT2D eigenvalue weighted by molar-refractivity contribution is -0.141. The lowest BCUT2D eigenvalue weighted by Crippen LogP contribution is -2.52. The van der Waals surface area contributed by atoms with E-state index in [9.17, 15) is 9.59 Å². The van der Waals surface area contributed by atoms with E-state index in [-0.39, 0.29) is 30.8 Å². The standard InChI is InChI=1S/C31H36Cl2N2O3/c1-4-23(3)34-31(37)29(20-24-9-6-5-7-10-24)35(21-25-14-17-27(32)28(33)19-25)30(36)11-8-18-38-26-15-12-22(2)13-16-26/h5-7,9-10,12-17,19,23,29H,4,8,11,18,20-21H2,1-3H3,(H,34,37)/t23-,29+/m1/s1. The number of amides is 2. The lowest BCUT2D eigenvalue weighted by atomic mass is 10.0. The first-order chi connectivity index (χ1) is 18.3. The van der Waals surface area contributed by atoms with Crippen molar-refractivity contribution in [3.8, 4) is 5.75 Å². The first-order valence-corrected chi connectivity index (χ1v) is 13.8. The molecule has 2 atom stereocenters. The second-order valence-electron chi connectivity index (χ2n) is 9.56. The molecule has 0 aliphatic rings. The van der Waals surface area contributed by atoms with Crippen LogP contribution in [0.4, 0.5) is 0 Å². The minimum atomic E-state index is -0.689. The summed E-state index contributed by atoms with van der Waals surface area (Å²) in [5.74, 6) is 0.474. The van der Waals surface area contributed by atoms with E-state index in [4.69, 9.17) is 27.9 Å². The average Bonchev–Trinajstić information content (AvgIpc) is 2.91. The number of carbonyl (C=O) groups is 2. The number of carbonyl (C=O) groups excluding carboxylic acids is 2. The van der Waals surface area contributed by atoms with Gasteiger partial charge in [-0.2, -0.15) is 0 Å². The fourth-order valence-corrected chi connectivity index (χ4v) is 4.34. The van der Waals surface area contributed by atoms with Crippen molar-refractivity contribution in [1.29, 1.82) is 0 Å². The van der Waals surface area contributed by atoms with Crippen molar-refractivity contribution in [3.63, 3.8) is 0 Å². The van der Waals surface area contributed by atoms with E-state index in [2.05, 4.69) is 5.32 Å². The Bertz CT molecular complexity index is 1190. The number of ether oxygens (including phenoxy) is 1. The minimum absolute atomic E-state index is 0.00869. The Morgan fingerprint density at radius 2 is 1.66 bits per heavy atom. The maximum atomic E-state index is 13.7. The van der Waals surface area contributed by atoms with E-state index in [1.807, 2.05) is 81.4 Å². The van der Waals surface area contributed by atoms with Crippen LogP contribution in [0.25, 0.3) is 0 Å². The van der Waals surface area contributed by atoms with Crippen LogP contribution in [0, 0.1) is 6.92 Å². The summed E-state index contributed by atoms with van der Waals surface area (Å²) in [6, 6.07) is 22.2. The summed E-state index contributed by atoms with van der Waals surface area (Å²) in [6.07, 6.45) is 1.96. The lowest BCUT2D eigenvalue weighted by Gasteiger charge is -2.32. The zero-order valence-electron chi connectivity index (χ0n) is 22.3. The zero-order chi connectivity index (χ0) is 27.5. The van der Waals surface area contributed by atoms with Crippen LogP contribution in [0.1, 0.15) is 49.8 Å². The van der Waals surface area contributed by atoms with Crippen molar-refractivity contribution >= 4 is 35.0 Å². The fourth-order valence-electron chi connectivity index (χ4n) is 4.02. The molecule has 0 radical (unpaired) electrons. The first kappa shape index (κ1) is 29.5. The molecule has 1 N–H and O–H groups in total. The van der Waals surface area contributed by atoms with Crippen LogP contribution in [-0.2, 0) is 22.6 Å². The predicted octanol–water partition coefficient (Wildman–Crippen LogP) is 7.02. The molecule has 202 valence electrons. The third-order valence-electron chi connectivity index (χ3n) is 6.43. The number of hydrogen-bond acceptors (Lipinski definition) is 3. The second kappa shape index (κ2) is 14.8. The van der Waals surface area contributed by atoms with E-state index >= 15 is 0 Å². The summed E-state index contributed by atoms with van der Waals surface area (Å²) >= 11 is 12.4. The molecule has 0 saturated heterocycles. The van der Waals surface area contributed by atoms with Gasteiger partial charge in [0.2, 0.25) is 11.8 Å². The number of aryl methyl sites for hydroxylation is 1. The third-order valence-corrected chi connectivity index (χ3v) is 7.17. The van der Waals surface area contributed by atoms with E-state index in [1.54, 1.807) is 17.0 Å². The summed E-state index contributed by atoms with van der Waals surface area (Å²) in [6.45, 7) is 6.64. The van der Waals surface area contributed by atoms with Gasteiger partial charge in [0.25, 0.3) is 0 Å². The molecule has 0 spiro atoms. The number of halogens is 2. The quantitative estimate of drug-likeness (QED) is 0.231. The van der Waals surface area contributed by atoms with Crippen LogP contribution >= 0.6 is 23.2 Å². The molecule has 0 bridgehead atoms. The Morgan fingerprint density at radius 3 is 2.32 bits per heavy atom. The molecule has 5 nitrogen and oxygen atoms in total. The third kappa shape index (κ3) is 9.07. The molecule has 7 heteroatoms. The van der Waals surface area contributed by atoms with E-state index in [0.717, 1.165) is 28.9 Å². The Balaban J connectivity index is 1.82. The average molecular weight is 556 g/mol. The molecule has 3 rings (SSSR count). The Kier molecular flexibility index (Phi) is 11.5. The maximum absolute atomic E-state index is 13.7. The van der Waals surface area contributed by atoms with Crippen LogP contribution in [0.15, 0.2) is 72.8 Å². The van der Waals surface area contributed by atoms with Gasteiger partial charge in [-0.1, -0.05) is 84.2 Å². The topological polar surface area (TPSA) is 58.6 Å². The maximum Gasteiger partial charge on any atom is 0.243 e. The van der Waals surface area contributed by atoms with Crippen molar-refractivity contribution < 1.29 is 14.3 Å². The molecular weight excluding hydrogens is 519 g/mol. The SMILES string of the molecule is CC[C@@H](C)NC(=O)[C@H](Cc1ccccc1)N(Cc1ccc(Cl)c(Cl)c1)C(=O)CCCOc1ccc(C)cc1. The highest BCUT2D eigenvalue weighted by Crippen LogP contribution is 2.25. The zero-order valence-corrected chi connectivity index (χ0v) is 23.8. The van der Waals surface area contributed by atoms with E-state index < -0.39 is 6.04 Å². The van der Waals surface area contributed by atoms with Crippen LogP contribution in [0.5, 0.6) is 5.75 Å². The summed E-state index contributed by atoms with van der Waals surface area (Å²) in [5.41, 5.74) is 2.94. The second-order valence-corrected chi connectivity index (χ2v) is 10.4. The van der Waals surface area contributed by atoms with Crippen LogP contribution < -0.4 is 10.1 Å².